The lowest BCUT2D eigenvalue weighted by Crippen LogP contribution is -2.40. The predicted octanol–water partition coefficient (Wildman–Crippen LogP) is 3.51. The summed E-state index contributed by atoms with van der Waals surface area (Å²) in [6.45, 7) is 4.21. The van der Waals surface area contributed by atoms with Crippen LogP contribution in [-0.2, 0) is 17.8 Å². The van der Waals surface area contributed by atoms with E-state index in [1.807, 2.05) is 22.5 Å². The zero-order valence-corrected chi connectivity index (χ0v) is 16.0. The first kappa shape index (κ1) is 17.5. The number of carbonyl (C=O) groups excluding carboxylic acids is 2. The van der Waals surface area contributed by atoms with Gasteiger partial charge in [0.1, 0.15) is 5.82 Å². The highest BCUT2D eigenvalue weighted by molar-refractivity contribution is 7.12. The van der Waals surface area contributed by atoms with Gasteiger partial charge < -0.3 is 9.47 Å². The van der Waals surface area contributed by atoms with Crippen molar-refractivity contribution in [3.8, 4) is 0 Å². The molecule has 0 radical (unpaired) electrons. The SMILES string of the molecule is CC(=O)c1cc(CC(=O)N2CCCC(c3nccn3CC3CC3)C2)cs1. The number of hydrogen-bond acceptors (Lipinski definition) is 4. The number of amides is 1. The van der Waals surface area contributed by atoms with Gasteiger partial charge in [0, 0.05) is 37.9 Å². The number of aromatic nitrogens is 2. The molecule has 1 unspecified atom stereocenters. The second kappa shape index (κ2) is 7.35. The van der Waals surface area contributed by atoms with Crippen LogP contribution in [0.2, 0.25) is 0 Å². The van der Waals surface area contributed by atoms with Crippen LogP contribution >= 0.6 is 11.3 Å². The van der Waals surface area contributed by atoms with E-state index in [1.54, 1.807) is 6.92 Å². The number of Topliss-reactive ketones (excluding diaryl/α,β-unsaturated/α-hetero) is 1. The molecule has 1 amide bonds. The third-order valence-electron chi connectivity index (χ3n) is 5.39. The fourth-order valence-corrected chi connectivity index (χ4v) is 4.58. The van der Waals surface area contributed by atoms with Gasteiger partial charge in [0.05, 0.1) is 11.3 Å². The summed E-state index contributed by atoms with van der Waals surface area (Å²) in [5.74, 6) is 2.51. The molecule has 0 aromatic carbocycles. The Morgan fingerprint density at radius 2 is 2.15 bits per heavy atom. The molecule has 4 rings (SSSR count). The third kappa shape index (κ3) is 3.90. The van der Waals surface area contributed by atoms with E-state index in [-0.39, 0.29) is 11.7 Å². The number of thiophene rings is 1. The number of hydrogen-bond donors (Lipinski definition) is 0. The van der Waals surface area contributed by atoms with Crippen LogP contribution in [0.5, 0.6) is 0 Å². The Hall–Kier alpha value is -1.95. The summed E-state index contributed by atoms with van der Waals surface area (Å²) in [6.07, 6.45) is 9.14. The van der Waals surface area contributed by atoms with E-state index in [4.69, 9.17) is 0 Å². The van der Waals surface area contributed by atoms with Crippen LogP contribution in [-0.4, -0.2) is 39.2 Å². The first-order valence-corrected chi connectivity index (χ1v) is 10.4. The Kier molecular flexibility index (Phi) is 4.94. The van der Waals surface area contributed by atoms with Gasteiger partial charge in [0.15, 0.2) is 5.78 Å². The molecule has 3 heterocycles. The van der Waals surface area contributed by atoms with Gasteiger partial charge in [-0.15, -0.1) is 11.3 Å². The summed E-state index contributed by atoms with van der Waals surface area (Å²) in [7, 11) is 0. The molecular weight excluding hydrogens is 346 g/mol. The van der Waals surface area contributed by atoms with Crippen molar-refractivity contribution in [2.45, 2.75) is 51.5 Å². The van der Waals surface area contributed by atoms with Crippen molar-refractivity contribution in [3.63, 3.8) is 0 Å². The summed E-state index contributed by atoms with van der Waals surface area (Å²) in [5, 5.41) is 1.93. The smallest absolute Gasteiger partial charge is 0.227 e. The topological polar surface area (TPSA) is 55.2 Å². The Balaban J connectivity index is 1.40. The maximum absolute atomic E-state index is 12.8. The molecule has 0 spiro atoms. The summed E-state index contributed by atoms with van der Waals surface area (Å²) in [6, 6.07) is 1.86. The quantitative estimate of drug-likeness (QED) is 0.730. The van der Waals surface area contributed by atoms with Gasteiger partial charge in [0.2, 0.25) is 5.91 Å². The van der Waals surface area contributed by atoms with Crippen LogP contribution in [0.1, 0.15) is 59.6 Å². The molecule has 1 aliphatic carbocycles. The van der Waals surface area contributed by atoms with Crippen molar-refractivity contribution in [2.75, 3.05) is 13.1 Å². The lowest BCUT2D eigenvalue weighted by Gasteiger charge is -2.32. The number of ketones is 1. The zero-order chi connectivity index (χ0) is 18.1. The van der Waals surface area contributed by atoms with Gasteiger partial charge in [-0.1, -0.05) is 0 Å². The molecule has 1 saturated heterocycles. The van der Waals surface area contributed by atoms with E-state index in [0.717, 1.165) is 54.7 Å². The van der Waals surface area contributed by atoms with Gasteiger partial charge in [-0.2, -0.15) is 0 Å². The second-order valence-electron chi connectivity index (χ2n) is 7.61. The maximum atomic E-state index is 12.8. The minimum Gasteiger partial charge on any atom is -0.342 e. The van der Waals surface area contributed by atoms with Crippen LogP contribution in [0.3, 0.4) is 0 Å². The van der Waals surface area contributed by atoms with E-state index < -0.39 is 0 Å². The number of likely N-dealkylation sites (tertiary alicyclic amines) is 1. The Morgan fingerprint density at radius 3 is 2.88 bits per heavy atom. The normalized spacial score (nSPS) is 20.3. The van der Waals surface area contributed by atoms with Crippen molar-refractivity contribution < 1.29 is 9.59 Å². The van der Waals surface area contributed by atoms with Crippen molar-refractivity contribution in [1.82, 2.24) is 14.5 Å². The van der Waals surface area contributed by atoms with E-state index in [1.165, 1.54) is 24.2 Å². The molecular formula is C20H25N3O2S. The Labute approximate surface area is 158 Å². The van der Waals surface area contributed by atoms with Crippen molar-refractivity contribution >= 4 is 23.0 Å². The Morgan fingerprint density at radius 1 is 1.31 bits per heavy atom. The molecule has 2 aromatic rings. The number of carbonyl (C=O) groups is 2. The van der Waals surface area contributed by atoms with Crippen molar-refractivity contribution in [2.24, 2.45) is 5.92 Å². The third-order valence-corrected chi connectivity index (χ3v) is 6.47. The van der Waals surface area contributed by atoms with Crippen molar-refractivity contribution in [3.05, 3.63) is 40.1 Å². The van der Waals surface area contributed by atoms with Gasteiger partial charge in [-0.05, 0) is 55.5 Å². The van der Waals surface area contributed by atoms with Gasteiger partial charge in [-0.25, -0.2) is 4.98 Å². The van der Waals surface area contributed by atoms with E-state index in [0.29, 0.717) is 12.3 Å². The number of rotatable bonds is 6. The number of nitrogens with zero attached hydrogens (tertiary/aromatic N) is 3. The first-order chi connectivity index (χ1) is 12.6. The fraction of sp³-hybridized carbons (Fsp3) is 0.550. The second-order valence-corrected chi connectivity index (χ2v) is 8.52. The fourth-order valence-electron chi connectivity index (χ4n) is 3.77. The molecule has 2 aliphatic rings. The van der Waals surface area contributed by atoms with Gasteiger partial charge in [0.25, 0.3) is 0 Å². The zero-order valence-electron chi connectivity index (χ0n) is 15.2. The highest BCUT2D eigenvalue weighted by Crippen LogP contribution is 2.33. The average Bonchev–Trinajstić information content (AvgIpc) is 3.12. The molecule has 1 saturated carbocycles. The Bertz CT molecular complexity index is 806. The highest BCUT2D eigenvalue weighted by Gasteiger charge is 2.29. The molecule has 1 aliphatic heterocycles. The lowest BCUT2D eigenvalue weighted by molar-refractivity contribution is -0.131. The van der Waals surface area contributed by atoms with Crippen LogP contribution in [0, 0.1) is 5.92 Å². The standard InChI is InChI=1S/C20H25N3O2S/c1-14(24)18-9-16(13-26-18)10-19(25)22-7-2-3-17(12-22)20-21-6-8-23(20)11-15-4-5-15/h6,8-9,13,15,17H,2-5,7,10-12H2,1H3. The highest BCUT2D eigenvalue weighted by atomic mass is 32.1. The summed E-state index contributed by atoms with van der Waals surface area (Å²) in [5.41, 5.74) is 0.947. The molecule has 1 atom stereocenters. The molecule has 26 heavy (non-hydrogen) atoms. The van der Waals surface area contributed by atoms with Gasteiger partial charge in [-0.3, -0.25) is 9.59 Å². The number of piperidine rings is 1. The van der Waals surface area contributed by atoms with Crippen LogP contribution in [0.15, 0.2) is 23.8 Å². The van der Waals surface area contributed by atoms with E-state index in [2.05, 4.69) is 15.7 Å². The molecule has 0 bridgehead atoms. The van der Waals surface area contributed by atoms with Crippen molar-refractivity contribution in [1.29, 1.82) is 0 Å². The summed E-state index contributed by atoms with van der Waals surface area (Å²) < 4.78 is 2.30. The largest absolute Gasteiger partial charge is 0.342 e. The molecule has 2 aromatic heterocycles. The molecule has 6 heteroatoms. The predicted molar refractivity (Wildman–Crippen MR) is 102 cm³/mol. The lowest BCUT2D eigenvalue weighted by atomic mass is 9.96. The molecule has 5 nitrogen and oxygen atoms in total. The average molecular weight is 372 g/mol. The van der Waals surface area contributed by atoms with Crippen LogP contribution < -0.4 is 0 Å². The minimum atomic E-state index is 0.0641. The maximum Gasteiger partial charge on any atom is 0.227 e. The van der Waals surface area contributed by atoms with E-state index in [9.17, 15) is 9.59 Å². The van der Waals surface area contributed by atoms with Crippen LogP contribution in [0.4, 0.5) is 0 Å². The van der Waals surface area contributed by atoms with Crippen LogP contribution in [0.25, 0.3) is 0 Å². The van der Waals surface area contributed by atoms with Gasteiger partial charge >= 0.3 is 0 Å². The molecule has 0 N–H and O–H groups in total. The summed E-state index contributed by atoms with van der Waals surface area (Å²) in [4.78, 5) is 31.5. The first-order valence-electron chi connectivity index (χ1n) is 9.47. The monoisotopic (exact) mass is 371 g/mol. The molecule has 2 fully saturated rings. The number of imidazole rings is 1. The molecule has 138 valence electrons. The van der Waals surface area contributed by atoms with E-state index >= 15 is 0 Å². The minimum absolute atomic E-state index is 0.0641. The summed E-state index contributed by atoms with van der Waals surface area (Å²) >= 11 is 1.42.